The van der Waals surface area contributed by atoms with Crippen molar-refractivity contribution >= 4 is 23.4 Å². The van der Waals surface area contributed by atoms with Crippen LogP contribution in [-0.4, -0.2) is 24.0 Å². The zero-order chi connectivity index (χ0) is 16.1. The number of nitro benzene ring substituents is 1. The van der Waals surface area contributed by atoms with E-state index < -0.39 is 4.92 Å². The van der Waals surface area contributed by atoms with Crippen molar-refractivity contribution in [2.75, 3.05) is 7.11 Å². The zero-order valence-electron chi connectivity index (χ0n) is 12.1. The molecule has 2 aromatic rings. The number of Topliss-reactive ketones (excluding diaryl/α,β-unsaturated/α-hetero) is 1. The van der Waals surface area contributed by atoms with E-state index in [0.717, 1.165) is 11.8 Å². The van der Waals surface area contributed by atoms with Crippen LogP contribution in [0.15, 0.2) is 47.5 Å². The van der Waals surface area contributed by atoms with Crippen LogP contribution in [0, 0.1) is 17.0 Å². The predicted octanol–water partition coefficient (Wildman–Crippen LogP) is 3.50. The van der Waals surface area contributed by atoms with Gasteiger partial charge < -0.3 is 4.74 Å². The Hall–Kier alpha value is -3.02. The number of methoxy groups -OCH3 is 1. The van der Waals surface area contributed by atoms with Gasteiger partial charge in [-0.1, -0.05) is 29.8 Å². The molecule has 0 aromatic heterocycles. The molecule has 0 aliphatic carbocycles. The molecule has 0 saturated heterocycles. The largest absolute Gasteiger partial charge is 0.496 e. The first kappa shape index (κ1) is 15.4. The van der Waals surface area contributed by atoms with E-state index in [1.165, 1.54) is 19.2 Å². The number of carbonyl (C=O) groups excluding carboxylic acids is 1. The van der Waals surface area contributed by atoms with E-state index in [4.69, 9.17) is 4.74 Å². The second kappa shape index (κ2) is 6.62. The molecule has 0 N–H and O–H groups in total. The molecule has 0 radical (unpaired) electrons. The molecule has 6 heteroatoms. The summed E-state index contributed by atoms with van der Waals surface area (Å²) in [5, 5.41) is 11.0. The Balaban J connectivity index is 2.27. The highest BCUT2D eigenvalue weighted by Gasteiger charge is 2.14. The first-order chi connectivity index (χ1) is 10.5. The van der Waals surface area contributed by atoms with Gasteiger partial charge in [0, 0.05) is 5.56 Å². The van der Waals surface area contributed by atoms with Gasteiger partial charge in [-0.05, 0) is 19.1 Å². The Morgan fingerprint density at radius 3 is 2.50 bits per heavy atom. The highest BCUT2D eigenvalue weighted by atomic mass is 16.6. The Morgan fingerprint density at radius 1 is 1.23 bits per heavy atom. The molecule has 0 saturated carbocycles. The van der Waals surface area contributed by atoms with Gasteiger partial charge in [-0.15, -0.1) is 0 Å². The van der Waals surface area contributed by atoms with Crippen LogP contribution in [0.2, 0.25) is 0 Å². The van der Waals surface area contributed by atoms with E-state index in [2.05, 4.69) is 4.99 Å². The van der Waals surface area contributed by atoms with Gasteiger partial charge in [0.25, 0.3) is 5.69 Å². The molecule has 0 fully saturated rings. The quantitative estimate of drug-likeness (QED) is 0.366. The third-order valence-corrected chi connectivity index (χ3v) is 3.04. The van der Waals surface area contributed by atoms with Gasteiger partial charge in [0.15, 0.2) is 0 Å². The fourth-order valence-electron chi connectivity index (χ4n) is 1.81. The summed E-state index contributed by atoms with van der Waals surface area (Å²) in [4.78, 5) is 26.4. The second-order valence-electron chi connectivity index (χ2n) is 4.60. The van der Waals surface area contributed by atoms with E-state index >= 15 is 0 Å². The van der Waals surface area contributed by atoms with Gasteiger partial charge >= 0.3 is 0 Å². The molecule has 2 aromatic carbocycles. The van der Waals surface area contributed by atoms with Gasteiger partial charge in [0.1, 0.15) is 11.4 Å². The SMILES string of the molecule is COc1ccc(N=CC(=O)c2ccc(C)cc2)c([N+](=O)[O-])c1. The average Bonchev–Trinajstić information content (AvgIpc) is 2.53. The van der Waals surface area contributed by atoms with Gasteiger partial charge in [-0.2, -0.15) is 0 Å². The molecule has 0 amide bonds. The maximum Gasteiger partial charge on any atom is 0.298 e. The highest BCUT2D eigenvalue weighted by molar-refractivity contribution is 6.35. The van der Waals surface area contributed by atoms with E-state index in [1.807, 2.05) is 19.1 Å². The fraction of sp³-hybridized carbons (Fsp3) is 0.125. The molecule has 0 aliphatic rings. The lowest BCUT2D eigenvalue weighted by Crippen LogP contribution is -2.00. The minimum absolute atomic E-state index is 0.103. The molecular formula is C16H14N2O4. The van der Waals surface area contributed by atoms with Crippen LogP contribution < -0.4 is 4.74 Å². The Kier molecular flexibility index (Phi) is 4.63. The summed E-state index contributed by atoms with van der Waals surface area (Å²) in [7, 11) is 1.42. The van der Waals surface area contributed by atoms with Crippen molar-refractivity contribution in [2.24, 2.45) is 4.99 Å². The van der Waals surface area contributed by atoms with Crippen LogP contribution >= 0.6 is 0 Å². The van der Waals surface area contributed by atoms with E-state index in [0.29, 0.717) is 11.3 Å². The Morgan fingerprint density at radius 2 is 1.91 bits per heavy atom. The zero-order valence-corrected chi connectivity index (χ0v) is 12.1. The summed E-state index contributed by atoms with van der Waals surface area (Å²) in [5.41, 5.74) is 1.41. The van der Waals surface area contributed by atoms with Crippen LogP contribution in [0.25, 0.3) is 0 Å². The van der Waals surface area contributed by atoms with Crippen LogP contribution in [0.1, 0.15) is 15.9 Å². The second-order valence-corrected chi connectivity index (χ2v) is 4.60. The van der Waals surface area contributed by atoms with Crippen LogP contribution in [-0.2, 0) is 0 Å². The summed E-state index contributed by atoms with van der Waals surface area (Å²) in [6.07, 6.45) is 1.08. The van der Waals surface area contributed by atoms with Crippen molar-refractivity contribution in [1.82, 2.24) is 0 Å². The summed E-state index contributed by atoms with van der Waals surface area (Å²) in [5.74, 6) is 0.0422. The molecule has 0 bridgehead atoms. The molecule has 0 unspecified atom stereocenters. The average molecular weight is 298 g/mol. The summed E-state index contributed by atoms with van der Waals surface area (Å²) in [6, 6.07) is 11.3. The number of hydrogen-bond donors (Lipinski definition) is 0. The van der Waals surface area contributed by atoms with Crippen LogP contribution in [0.3, 0.4) is 0 Å². The van der Waals surface area contributed by atoms with Crippen molar-refractivity contribution in [1.29, 1.82) is 0 Å². The number of aliphatic imine (C=N–C) groups is 1. The number of nitrogens with zero attached hydrogens (tertiary/aromatic N) is 2. The predicted molar refractivity (Wildman–Crippen MR) is 83.3 cm³/mol. The van der Waals surface area contributed by atoms with Crippen LogP contribution in [0.5, 0.6) is 5.75 Å². The molecule has 22 heavy (non-hydrogen) atoms. The lowest BCUT2D eigenvalue weighted by molar-refractivity contribution is -0.384. The maximum absolute atomic E-state index is 12.0. The minimum atomic E-state index is -0.564. The molecule has 0 spiro atoms. The molecule has 0 atom stereocenters. The van der Waals surface area contributed by atoms with E-state index in [1.54, 1.807) is 18.2 Å². The molecule has 0 heterocycles. The third kappa shape index (κ3) is 3.54. The van der Waals surface area contributed by atoms with Gasteiger partial charge in [-0.3, -0.25) is 14.9 Å². The van der Waals surface area contributed by atoms with Crippen molar-refractivity contribution in [2.45, 2.75) is 6.92 Å². The minimum Gasteiger partial charge on any atom is -0.496 e. The lowest BCUT2D eigenvalue weighted by Gasteiger charge is -2.01. The smallest absolute Gasteiger partial charge is 0.298 e. The number of carbonyl (C=O) groups is 1. The normalized spacial score (nSPS) is 10.6. The van der Waals surface area contributed by atoms with Crippen molar-refractivity contribution in [3.05, 3.63) is 63.7 Å². The number of nitro groups is 1. The number of aryl methyl sites for hydroxylation is 1. The number of rotatable bonds is 5. The topological polar surface area (TPSA) is 81.8 Å². The van der Waals surface area contributed by atoms with Gasteiger partial charge in [-0.25, -0.2) is 4.99 Å². The molecule has 0 aliphatic heterocycles. The third-order valence-electron chi connectivity index (χ3n) is 3.04. The summed E-state index contributed by atoms with van der Waals surface area (Å²) < 4.78 is 4.94. The van der Waals surface area contributed by atoms with Crippen LogP contribution in [0.4, 0.5) is 11.4 Å². The lowest BCUT2D eigenvalue weighted by atomic mass is 10.1. The molecule has 2 rings (SSSR count). The van der Waals surface area contributed by atoms with Crippen molar-refractivity contribution in [3.63, 3.8) is 0 Å². The Labute approximate surface area is 127 Å². The molecule has 6 nitrogen and oxygen atoms in total. The summed E-state index contributed by atoms with van der Waals surface area (Å²) >= 11 is 0. The first-order valence-corrected chi connectivity index (χ1v) is 6.49. The van der Waals surface area contributed by atoms with Crippen molar-refractivity contribution < 1.29 is 14.5 Å². The highest BCUT2D eigenvalue weighted by Crippen LogP contribution is 2.31. The van der Waals surface area contributed by atoms with Gasteiger partial charge in [0.2, 0.25) is 5.78 Å². The molecular weight excluding hydrogens is 284 g/mol. The Bertz CT molecular complexity index is 736. The summed E-state index contributed by atoms with van der Waals surface area (Å²) in [6.45, 7) is 1.92. The molecule has 112 valence electrons. The number of benzene rings is 2. The monoisotopic (exact) mass is 298 g/mol. The number of ketones is 1. The first-order valence-electron chi connectivity index (χ1n) is 6.49. The van der Waals surface area contributed by atoms with Gasteiger partial charge in [0.05, 0.1) is 24.3 Å². The van der Waals surface area contributed by atoms with Crippen molar-refractivity contribution in [3.8, 4) is 5.75 Å². The number of hydrogen-bond acceptors (Lipinski definition) is 5. The standard InChI is InChI=1S/C16H14N2O4/c1-11-3-5-12(6-4-11)16(19)10-17-14-8-7-13(22-2)9-15(14)18(20)21/h3-10H,1-2H3. The number of ether oxygens (including phenoxy) is 1. The van der Waals surface area contributed by atoms with E-state index in [-0.39, 0.29) is 17.2 Å². The fourth-order valence-corrected chi connectivity index (χ4v) is 1.81. The van der Waals surface area contributed by atoms with E-state index in [9.17, 15) is 14.9 Å². The maximum atomic E-state index is 12.0.